The van der Waals surface area contributed by atoms with Crippen LogP contribution in [-0.2, 0) is 23.7 Å². The van der Waals surface area contributed by atoms with Crippen molar-refractivity contribution in [2.24, 2.45) is 0 Å². The van der Waals surface area contributed by atoms with Crippen LogP contribution >= 0.6 is 0 Å². The summed E-state index contributed by atoms with van der Waals surface area (Å²) in [7, 11) is 0. The first kappa shape index (κ1) is 77.8. The van der Waals surface area contributed by atoms with Crippen LogP contribution < -0.4 is 5.32 Å². The second-order valence-corrected chi connectivity index (χ2v) is 24.3. The number of nitrogens with one attached hydrogen (secondary N) is 1. The van der Waals surface area contributed by atoms with Crippen LogP contribution in [0, 0.1) is 0 Å². The van der Waals surface area contributed by atoms with Gasteiger partial charge in [0.15, 0.2) is 12.6 Å². The molecule has 2 fully saturated rings. The number of hydrogen-bond donors (Lipinski definition) is 9. The highest BCUT2D eigenvalue weighted by Gasteiger charge is 2.51. The Bertz CT molecular complexity index is 1640. The molecule has 2 aliphatic rings. The molecule has 0 aromatic carbocycles. The molecule has 2 rings (SSSR count). The first-order chi connectivity index (χ1) is 41.1. The molecule has 12 atom stereocenters. The molecule has 14 nitrogen and oxygen atoms in total. The Balaban J connectivity index is 1.68. The number of allylic oxidation sites excluding steroid dienone is 9. The van der Waals surface area contributed by atoms with Gasteiger partial charge >= 0.3 is 0 Å². The van der Waals surface area contributed by atoms with E-state index in [1.165, 1.54) is 173 Å². The van der Waals surface area contributed by atoms with Crippen molar-refractivity contribution < 1.29 is 64.6 Å². The molecule has 1 amide bonds. The molecule has 0 spiro atoms. The smallest absolute Gasteiger partial charge is 0.220 e. The zero-order valence-corrected chi connectivity index (χ0v) is 53.1. The number of amides is 1. The maximum absolute atomic E-state index is 13.3. The molecule has 0 radical (unpaired) electrons. The van der Waals surface area contributed by atoms with Crippen LogP contribution in [0.5, 0.6) is 0 Å². The Morgan fingerprint density at radius 1 is 0.440 bits per heavy atom. The van der Waals surface area contributed by atoms with E-state index in [-0.39, 0.29) is 18.9 Å². The molecule has 14 heteroatoms. The van der Waals surface area contributed by atoms with Gasteiger partial charge in [-0.1, -0.05) is 280 Å². The summed E-state index contributed by atoms with van der Waals surface area (Å²) in [6, 6.07) is -0.927. The summed E-state index contributed by atoms with van der Waals surface area (Å²) in [6.45, 7) is 2.70. The third kappa shape index (κ3) is 38.9. The average molecular weight is 1190 g/mol. The monoisotopic (exact) mass is 1190 g/mol. The number of unbranched alkanes of at least 4 members (excludes halogenated alkanes) is 35. The molecule has 12 unspecified atom stereocenters. The fourth-order valence-corrected chi connectivity index (χ4v) is 11.2. The van der Waals surface area contributed by atoms with Gasteiger partial charge in [0.1, 0.15) is 48.8 Å². The highest BCUT2D eigenvalue weighted by Crippen LogP contribution is 2.30. The normalized spacial score (nSPS) is 24.0. The van der Waals surface area contributed by atoms with Gasteiger partial charge in [-0.05, 0) is 57.8 Å². The number of hydrogen-bond acceptors (Lipinski definition) is 13. The first-order valence-electron chi connectivity index (χ1n) is 34.5. The fourth-order valence-electron chi connectivity index (χ4n) is 11.2. The Kier molecular flexibility index (Phi) is 50.8. The van der Waals surface area contributed by atoms with E-state index in [0.717, 1.165) is 83.5 Å². The SMILES string of the molecule is CC/C=C\C/C=C\C/C=C\C/C=C\CCCCCCCCC(=O)NC(COC1OC(CO)C(OC2OC(CO)C(O)C(O)C2O)C(O)C1O)C(O)/C=C/CCCCCCCCCCCCCCCCCCCCCCCCCCCCCCC. The summed E-state index contributed by atoms with van der Waals surface area (Å²) in [5.41, 5.74) is 0. The highest BCUT2D eigenvalue weighted by atomic mass is 16.7. The Morgan fingerprint density at radius 3 is 1.26 bits per heavy atom. The Hall–Kier alpha value is -2.31. The van der Waals surface area contributed by atoms with Gasteiger partial charge in [0, 0.05) is 6.42 Å². The Labute approximate surface area is 511 Å². The summed E-state index contributed by atoms with van der Waals surface area (Å²) in [5, 5.41) is 87.4. The maximum Gasteiger partial charge on any atom is 0.220 e. The number of rotatable bonds is 56. The maximum atomic E-state index is 13.3. The van der Waals surface area contributed by atoms with Crippen molar-refractivity contribution in [1.29, 1.82) is 0 Å². The zero-order chi connectivity index (χ0) is 60.9. The molecule has 2 saturated heterocycles. The highest BCUT2D eigenvalue weighted by molar-refractivity contribution is 5.76. The van der Waals surface area contributed by atoms with Crippen LogP contribution in [0.25, 0.3) is 0 Å². The van der Waals surface area contributed by atoms with E-state index < -0.39 is 86.8 Å². The summed E-state index contributed by atoms with van der Waals surface area (Å²) in [4.78, 5) is 13.3. The topological polar surface area (TPSA) is 228 Å². The predicted octanol–water partition coefficient (Wildman–Crippen LogP) is 13.7. The van der Waals surface area contributed by atoms with E-state index >= 15 is 0 Å². The predicted molar refractivity (Wildman–Crippen MR) is 341 cm³/mol. The van der Waals surface area contributed by atoms with E-state index in [0.29, 0.717) is 6.42 Å². The third-order valence-corrected chi connectivity index (χ3v) is 16.7. The molecule has 2 heterocycles. The summed E-state index contributed by atoms with van der Waals surface area (Å²) < 4.78 is 22.8. The molecule has 84 heavy (non-hydrogen) atoms. The number of aliphatic hydroxyl groups is 8. The molecule has 0 bridgehead atoms. The van der Waals surface area contributed by atoms with Gasteiger partial charge in [-0.15, -0.1) is 0 Å². The first-order valence-corrected chi connectivity index (χ1v) is 34.5. The van der Waals surface area contributed by atoms with Crippen LogP contribution in [0.15, 0.2) is 60.8 Å². The van der Waals surface area contributed by atoms with E-state index in [4.69, 9.17) is 18.9 Å². The van der Waals surface area contributed by atoms with Gasteiger partial charge in [-0.2, -0.15) is 0 Å². The lowest BCUT2D eigenvalue weighted by molar-refractivity contribution is -0.359. The van der Waals surface area contributed by atoms with Crippen molar-refractivity contribution in [1.82, 2.24) is 5.32 Å². The van der Waals surface area contributed by atoms with Gasteiger partial charge in [0.05, 0.1) is 32.0 Å². The molecule has 2 aliphatic heterocycles. The molecule has 0 aromatic heterocycles. The molecule has 0 aromatic rings. The lowest BCUT2D eigenvalue weighted by atomic mass is 9.97. The minimum absolute atomic E-state index is 0.252. The van der Waals surface area contributed by atoms with E-state index in [9.17, 15) is 45.6 Å². The second kappa shape index (κ2) is 54.8. The number of aliphatic hydroxyl groups excluding tert-OH is 8. The van der Waals surface area contributed by atoms with Gasteiger partial charge < -0.3 is 65.1 Å². The van der Waals surface area contributed by atoms with Crippen LogP contribution in [-0.4, -0.2) is 140 Å². The van der Waals surface area contributed by atoms with Crippen LogP contribution in [0.2, 0.25) is 0 Å². The van der Waals surface area contributed by atoms with Crippen LogP contribution in [0.1, 0.15) is 284 Å². The minimum atomic E-state index is -1.79. The summed E-state index contributed by atoms with van der Waals surface area (Å²) >= 11 is 0. The molecule has 9 N–H and O–H groups in total. The van der Waals surface area contributed by atoms with Gasteiger partial charge in [0.2, 0.25) is 5.91 Å². The van der Waals surface area contributed by atoms with Crippen molar-refractivity contribution in [2.45, 2.75) is 357 Å². The fraction of sp³-hybridized carbons (Fsp3) is 0.843. The summed E-state index contributed by atoms with van der Waals surface area (Å²) in [6.07, 6.45) is 55.7. The molecular weight excluding hydrogens is 1060 g/mol. The summed E-state index contributed by atoms with van der Waals surface area (Å²) in [5.74, 6) is -0.252. The van der Waals surface area contributed by atoms with E-state index in [1.54, 1.807) is 6.08 Å². The third-order valence-electron chi connectivity index (χ3n) is 16.7. The van der Waals surface area contributed by atoms with Crippen molar-refractivity contribution >= 4 is 5.91 Å². The van der Waals surface area contributed by atoms with Crippen LogP contribution in [0.3, 0.4) is 0 Å². The zero-order valence-electron chi connectivity index (χ0n) is 53.1. The second-order valence-electron chi connectivity index (χ2n) is 24.3. The number of carbonyl (C=O) groups excluding carboxylic acids is 1. The Morgan fingerprint density at radius 2 is 0.821 bits per heavy atom. The molecule has 0 saturated carbocycles. The number of ether oxygens (including phenoxy) is 4. The largest absolute Gasteiger partial charge is 0.394 e. The molecule has 490 valence electrons. The van der Waals surface area contributed by atoms with Crippen molar-refractivity contribution in [3.63, 3.8) is 0 Å². The average Bonchev–Trinajstić information content (AvgIpc) is 3.62. The van der Waals surface area contributed by atoms with Gasteiger partial charge in [0.25, 0.3) is 0 Å². The standard InChI is InChI=1S/C70H127NO13/c1-3-5-7-9-11-13-15-17-19-21-23-24-25-26-27-28-29-30-31-32-33-34-36-37-39-41-43-45-47-49-51-53-59(74)58(71-62(75)54-52-50-48-46-44-42-40-38-35-22-20-18-16-14-12-10-8-6-4-2)57-81-69-67(80)65(78)68(61(56-73)83-69)84-70-66(79)64(77)63(76)60(55-72)82-70/h6,8,12,14,18,20,35,38,51,53,58-61,63-70,72-74,76-80H,3-5,7,9-11,13,15-17,19,21-34,36-37,39-50,52,54-57H2,1-2H3,(H,71,75)/b8-6-,14-12-,20-18-,38-35-,53-51+. The molecular formula is C70H127NO13. The van der Waals surface area contributed by atoms with Crippen molar-refractivity contribution in [3.8, 4) is 0 Å². The quantitative estimate of drug-likeness (QED) is 0.0204. The van der Waals surface area contributed by atoms with Crippen LogP contribution in [0.4, 0.5) is 0 Å². The molecule has 0 aliphatic carbocycles. The lowest BCUT2D eigenvalue weighted by Gasteiger charge is -2.46. The van der Waals surface area contributed by atoms with E-state index in [2.05, 4.69) is 67.8 Å². The van der Waals surface area contributed by atoms with Gasteiger partial charge in [-0.3, -0.25) is 4.79 Å². The lowest BCUT2D eigenvalue weighted by Crippen LogP contribution is -2.65. The number of carbonyl (C=O) groups is 1. The van der Waals surface area contributed by atoms with Crippen molar-refractivity contribution in [2.75, 3.05) is 19.8 Å². The van der Waals surface area contributed by atoms with E-state index in [1.807, 2.05) is 6.08 Å². The van der Waals surface area contributed by atoms with Crippen molar-refractivity contribution in [3.05, 3.63) is 60.8 Å². The minimum Gasteiger partial charge on any atom is -0.394 e. The van der Waals surface area contributed by atoms with Gasteiger partial charge in [-0.25, -0.2) is 0 Å².